The normalized spacial score (nSPS) is 10.7. The number of aryl methyl sites for hydroxylation is 1. The van der Waals surface area contributed by atoms with Gasteiger partial charge >= 0.3 is 0 Å². The summed E-state index contributed by atoms with van der Waals surface area (Å²) in [5, 5.41) is 13.3. The lowest BCUT2D eigenvalue weighted by Crippen LogP contribution is -2.16. The van der Waals surface area contributed by atoms with E-state index in [0.29, 0.717) is 10.7 Å². The Morgan fingerprint density at radius 1 is 1.55 bits per heavy atom. The van der Waals surface area contributed by atoms with Crippen LogP contribution in [0.3, 0.4) is 0 Å². The molecule has 0 unspecified atom stereocenters. The maximum Gasteiger partial charge on any atom is 0.254 e. The zero-order chi connectivity index (χ0) is 14.5. The highest BCUT2D eigenvalue weighted by molar-refractivity contribution is 6.32. The van der Waals surface area contributed by atoms with Gasteiger partial charge < -0.3 is 0 Å². The number of rotatable bonds is 3. The Balaban J connectivity index is 2.24. The van der Waals surface area contributed by atoms with Gasteiger partial charge in [0.25, 0.3) is 5.91 Å². The predicted molar refractivity (Wildman–Crippen MR) is 77.5 cm³/mol. The van der Waals surface area contributed by atoms with Crippen LogP contribution in [0.15, 0.2) is 29.4 Å². The van der Waals surface area contributed by atoms with Crippen LogP contribution in [0.25, 0.3) is 10.9 Å². The SMILES string of the molecule is Cc1ccc2cc(C=NNC(=O)CC#N)c(Cl)nc2c1. The first-order valence-electron chi connectivity index (χ1n) is 5.86. The van der Waals surface area contributed by atoms with E-state index >= 15 is 0 Å². The van der Waals surface area contributed by atoms with Crippen molar-refractivity contribution in [2.24, 2.45) is 5.10 Å². The number of nitriles is 1. The summed E-state index contributed by atoms with van der Waals surface area (Å²) in [6.07, 6.45) is 1.17. The van der Waals surface area contributed by atoms with Crippen LogP contribution in [-0.4, -0.2) is 17.1 Å². The number of carbonyl (C=O) groups is 1. The number of nitrogens with zero attached hydrogens (tertiary/aromatic N) is 3. The zero-order valence-electron chi connectivity index (χ0n) is 10.7. The second-order valence-corrected chi connectivity index (χ2v) is 4.55. The van der Waals surface area contributed by atoms with Crippen molar-refractivity contribution in [2.45, 2.75) is 13.3 Å². The first kappa shape index (κ1) is 14.0. The molecule has 1 aromatic carbocycles. The molecule has 2 aromatic rings. The highest BCUT2D eigenvalue weighted by Gasteiger charge is 2.04. The molecule has 1 amide bonds. The molecule has 5 nitrogen and oxygen atoms in total. The van der Waals surface area contributed by atoms with Crippen molar-refractivity contribution >= 4 is 34.6 Å². The van der Waals surface area contributed by atoms with E-state index < -0.39 is 5.91 Å². The minimum atomic E-state index is -0.468. The minimum Gasteiger partial charge on any atom is -0.272 e. The number of hydrazone groups is 1. The van der Waals surface area contributed by atoms with E-state index in [9.17, 15) is 4.79 Å². The van der Waals surface area contributed by atoms with Crippen LogP contribution in [0.1, 0.15) is 17.5 Å². The van der Waals surface area contributed by atoms with Gasteiger partial charge in [-0.1, -0.05) is 23.7 Å². The van der Waals surface area contributed by atoms with Gasteiger partial charge in [0, 0.05) is 10.9 Å². The first-order chi connectivity index (χ1) is 9.60. The molecule has 20 heavy (non-hydrogen) atoms. The van der Waals surface area contributed by atoms with Crippen LogP contribution < -0.4 is 5.43 Å². The average Bonchev–Trinajstić information content (AvgIpc) is 2.40. The van der Waals surface area contributed by atoms with Gasteiger partial charge in [0.2, 0.25) is 0 Å². The Bertz CT molecular complexity index is 734. The maximum atomic E-state index is 11.1. The molecule has 0 aliphatic carbocycles. The maximum absolute atomic E-state index is 11.1. The van der Waals surface area contributed by atoms with E-state index in [1.54, 1.807) is 6.07 Å². The summed E-state index contributed by atoms with van der Waals surface area (Å²) in [7, 11) is 0. The number of pyridine rings is 1. The van der Waals surface area contributed by atoms with Crippen molar-refractivity contribution in [2.75, 3.05) is 0 Å². The van der Waals surface area contributed by atoms with E-state index in [-0.39, 0.29) is 6.42 Å². The molecule has 0 saturated carbocycles. The van der Waals surface area contributed by atoms with Crippen LogP contribution in [0.4, 0.5) is 0 Å². The van der Waals surface area contributed by atoms with Gasteiger partial charge in [-0.25, -0.2) is 10.4 Å². The van der Waals surface area contributed by atoms with Gasteiger partial charge in [-0.2, -0.15) is 10.4 Å². The van der Waals surface area contributed by atoms with Crippen LogP contribution in [-0.2, 0) is 4.79 Å². The third-order valence-electron chi connectivity index (χ3n) is 2.59. The average molecular weight is 287 g/mol. The lowest BCUT2D eigenvalue weighted by Gasteiger charge is -2.03. The number of carbonyl (C=O) groups excluding carboxylic acids is 1. The number of fused-ring (bicyclic) bond motifs is 1. The van der Waals surface area contributed by atoms with Crippen LogP contribution in [0.5, 0.6) is 0 Å². The quantitative estimate of drug-likeness (QED) is 0.535. The first-order valence-corrected chi connectivity index (χ1v) is 6.23. The fourth-order valence-corrected chi connectivity index (χ4v) is 1.84. The number of benzene rings is 1. The second-order valence-electron chi connectivity index (χ2n) is 4.19. The molecular formula is C14H11ClN4O. The number of hydrogen-bond acceptors (Lipinski definition) is 4. The van der Waals surface area contributed by atoms with Crippen molar-refractivity contribution in [3.8, 4) is 6.07 Å². The van der Waals surface area contributed by atoms with Gasteiger partial charge in [0.1, 0.15) is 11.6 Å². The molecule has 0 fully saturated rings. The van der Waals surface area contributed by atoms with Crippen LogP contribution in [0.2, 0.25) is 5.15 Å². The molecule has 0 atom stereocenters. The molecule has 1 aromatic heterocycles. The lowest BCUT2D eigenvalue weighted by molar-refractivity contribution is -0.120. The van der Waals surface area contributed by atoms with E-state index in [0.717, 1.165) is 16.5 Å². The molecule has 6 heteroatoms. The Kier molecular flexibility index (Phi) is 4.28. The highest BCUT2D eigenvalue weighted by atomic mass is 35.5. The fourth-order valence-electron chi connectivity index (χ4n) is 1.65. The van der Waals surface area contributed by atoms with Gasteiger partial charge in [0.15, 0.2) is 0 Å². The fraction of sp³-hybridized carbons (Fsp3) is 0.143. The number of amides is 1. The molecule has 1 N–H and O–H groups in total. The minimum absolute atomic E-state index is 0.236. The Hall–Kier alpha value is -2.45. The summed E-state index contributed by atoms with van der Waals surface area (Å²) in [5.74, 6) is -0.468. The zero-order valence-corrected chi connectivity index (χ0v) is 11.5. The number of aromatic nitrogens is 1. The van der Waals surface area contributed by atoms with E-state index in [2.05, 4.69) is 15.5 Å². The summed E-state index contributed by atoms with van der Waals surface area (Å²) in [4.78, 5) is 15.4. The van der Waals surface area contributed by atoms with E-state index in [1.807, 2.05) is 31.2 Å². The monoisotopic (exact) mass is 286 g/mol. The topological polar surface area (TPSA) is 78.1 Å². The molecule has 0 radical (unpaired) electrons. The number of halogens is 1. The summed E-state index contributed by atoms with van der Waals surface area (Å²) in [6.45, 7) is 1.98. The second kappa shape index (κ2) is 6.13. The number of hydrogen-bond donors (Lipinski definition) is 1. The van der Waals surface area contributed by atoms with Gasteiger partial charge in [-0.3, -0.25) is 4.79 Å². The van der Waals surface area contributed by atoms with Crippen LogP contribution in [0, 0.1) is 18.3 Å². The molecule has 0 saturated heterocycles. The molecule has 0 aliphatic heterocycles. The molecule has 1 heterocycles. The van der Waals surface area contributed by atoms with Gasteiger partial charge in [-0.15, -0.1) is 0 Å². The van der Waals surface area contributed by atoms with Crippen LogP contribution >= 0.6 is 11.6 Å². The standard InChI is InChI=1S/C14H11ClN4O/c1-9-2-3-10-7-11(14(15)18-12(10)6-9)8-17-19-13(20)4-5-16/h2-3,6-8H,4H2,1H3,(H,19,20). The summed E-state index contributed by atoms with van der Waals surface area (Å²) in [6, 6.07) is 9.44. The molecule has 100 valence electrons. The summed E-state index contributed by atoms with van der Waals surface area (Å²) < 4.78 is 0. The van der Waals surface area contributed by atoms with Gasteiger partial charge in [0.05, 0.1) is 17.8 Å². The van der Waals surface area contributed by atoms with Crippen molar-refractivity contribution in [1.29, 1.82) is 5.26 Å². The predicted octanol–water partition coefficient (Wildman–Crippen LogP) is 2.56. The lowest BCUT2D eigenvalue weighted by atomic mass is 10.1. The van der Waals surface area contributed by atoms with Crippen molar-refractivity contribution in [3.63, 3.8) is 0 Å². The van der Waals surface area contributed by atoms with E-state index in [1.165, 1.54) is 6.21 Å². The smallest absolute Gasteiger partial charge is 0.254 e. The Labute approximate surface area is 120 Å². The van der Waals surface area contributed by atoms with Gasteiger partial charge in [-0.05, 0) is 24.6 Å². The molecule has 0 bridgehead atoms. The molecule has 0 aliphatic rings. The Morgan fingerprint density at radius 3 is 3.10 bits per heavy atom. The molecule has 0 spiro atoms. The molecule has 2 rings (SSSR count). The number of nitrogens with one attached hydrogen (secondary N) is 1. The third kappa shape index (κ3) is 3.31. The van der Waals surface area contributed by atoms with E-state index in [4.69, 9.17) is 16.9 Å². The van der Waals surface area contributed by atoms with Crippen molar-refractivity contribution in [3.05, 3.63) is 40.5 Å². The van der Waals surface area contributed by atoms with Crippen molar-refractivity contribution < 1.29 is 4.79 Å². The third-order valence-corrected chi connectivity index (χ3v) is 2.89. The molecular weight excluding hydrogens is 276 g/mol. The largest absolute Gasteiger partial charge is 0.272 e. The summed E-state index contributed by atoms with van der Waals surface area (Å²) >= 11 is 6.06. The van der Waals surface area contributed by atoms with Crippen molar-refractivity contribution in [1.82, 2.24) is 10.4 Å². The Morgan fingerprint density at radius 2 is 2.35 bits per heavy atom. The summed E-state index contributed by atoms with van der Waals surface area (Å²) in [5.41, 5.74) is 4.74. The highest BCUT2D eigenvalue weighted by Crippen LogP contribution is 2.20.